The van der Waals surface area contributed by atoms with Gasteiger partial charge in [0, 0.05) is 22.6 Å². The summed E-state index contributed by atoms with van der Waals surface area (Å²) in [5.74, 6) is -0.184. The van der Waals surface area contributed by atoms with Crippen LogP contribution in [0.3, 0.4) is 0 Å². The molecule has 2 bridgehead atoms. The van der Waals surface area contributed by atoms with Gasteiger partial charge >= 0.3 is 0 Å². The van der Waals surface area contributed by atoms with Gasteiger partial charge in [0.15, 0.2) is 6.10 Å². The number of para-hydroxylation sites is 1. The lowest BCUT2D eigenvalue weighted by molar-refractivity contribution is -0.550. The fraction of sp³-hybridized carbons (Fsp3) is 0.333. The van der Waals surface area contributed by atoms with E-state index in [0.29, 0.717) is 6.42 Å². The third-order valence-electron chi connectivity index (χ3n) is 4.86. The molecule has 5 nitrogen and oxygen atoms in total. The molecule has 0 radical (unpaired) electrons. The molecule has 2 aliphatic heterocycles. The molecule has 1 fully saturated rings. The number of nitrogens with zero attached hydrogens (tertiary/aromatic N) is 1. The molecule has 1 saturated heterocycles. The minimum Gasteiger partial charge on any atom is -0.357 e. The van der Waals surface area contributed by atoms with Gasteiger partial charge in [0.2, 0.25) is 6.04 Å². The molecule has 0 amide bonds. The van der Waals surface area contributed by atoms with Gasteiger partial charge < -0.3 is 10.1 Å². The molecule has 5 heteroatoms. The molecule has 2 aliphatic rings. The van der Waals surface area contributed by atoms with E-state index in [1.165, 1.54) is 0 Å². The number of fused-ring (bicyclic) bond motifs is 4. The molecule has 23 heavy (non-hydrogen) atoms. The molecule has 0 saturated carbocycles. The van der Waals surface area contributed by atoms with Crippen molar-refractivity contribution in [3.63, 3.8) is 0 Å². The Balaban J connectivity index is 1.84. The second-order valence-corrected chi connectivity index (χ2v) is 6.48. The second-order valence-electron chi connectivity index (χ2n) is 6.48. The number of benzene rings is 2. The van der Waals surface area contributed by atoms with Crippen molar-refractivity contribution in [1.82, 2.24) is 0 Å². The van der Waals surface area contributed by atoms with Crippen molar-refractivity contribution in [2.24, 2.45) is 0 Å². The summed E-state index contributed by atoms with van der Waals surface area (Å²) in [5.41, 5.74) is 2.21. The Morgan fingerprint density at radius 3 is 2.61 bits per heavy atom. The van der Waals surface area contributed by atoms with Crippen LogP contribution in [0.1, 0.15) is 36.5 Å². The lowest BCUT2D eigenvalue weighted by atomic mass is 9.76. The maximum absolute atomic E-state index is 11.9. The van der Waals surface area contributed by atoms with Crippen LogP contribution < -0.4 is 5.32 Å². The summed E-state index contributed by atoms with van der Waals surface area (Å²) in [5, 5.41) is 15.3. The molecule has 0 spiro atoms. The lowest BCUT2D eigenvalue weighted by Gasteiger charge is -2.48. The van der Waals surface area contributed by atoms with Crippen molar-refractivity contribution < 1.29 is 9.66 Å². The number of nitro groups is 1. The van der Waals surface area contributed by atoms with E-state index in [4.69, 9.17) is 4.74 Å². The highest BCUT2D eigenvalue weighted by Gasteiger charge is 2.55. The number of nitrogens with one attached hydrogen (secondary N) is 1. The normalized spacial score (nSPS) is 31.8. The summed E-state index contributed by atoms with van der Waals surface area (Å²) in [6.45, 7) is 1.97. The quantitative estimate of drug-likeness (QED) is 0.678. The maximum Gasteiger partial charge on any atom is 0.250 e. The van der Waals surface area contributed by atoms with E-state index in [2.05, 4.69) is 5.32 Å². The standard InChI is InChI=1S/C18H18N2O3/c1-18-11-14(12-7-3-2-4-8-12)16(20(21)22)17(23-18)13-9-5-6-10-15(13)19-18/h2-10,14,16-17,19H,11H2,1H3/t14?,16?,17-,18?/m1/s1. The van der Waals surface area contributed by atoms with E-state index in [1.807, 2.05) is 61.5 Å². The number of hydrogen-bond donors (Lipinski definition) is 1. The molecular weight excluding hydrogens is 292 g/mol. The molecule has 1 N–H and O–H groups in total. The predicted octanol–water partition coefficient (Wildman–Crippen LogP) is 3.72. The van der Waals surface area contributed by atoms with E-state index in [9.17, 15) is 10.1 Å². The van der Waals surface area contributed by atoms with Crippen LogP contribution >= 0.6 is 0 Å². The zero-order valence-electron chi connectivity index (χ0n) is 12.8. The minimum absolute atomic E-state index is 0.177. The number of rotatable bonds is 2. The zero-order chi connectivity index (χ0) is 16.0. The van der Waals surface area contributed by atoms with Crippen molar-refractivity contribution in [3.8, 4) is 0 Å². The van der Waals surface area contributed by atoms with Gasteiger partial charge in [-0.3, -0.25) is 10.1 Å². The highest BCUT2D eigenvalue weighted by atomic mass is 16.6. The Bertz CT molecular complexity index is 749. The van der Waals surface area contributed by atoms with Gasteiger partial charge in [0.05, 0.1) is 5.92 Å². The topological polar surface area (TPSA) is 64.4 Å². The molecule has 2 aromatic rings. The Kier molecular flexibility index (Phi) is 3.13. The number of ether oxygens (including phenoxy) is 1. The SMILES string of the molecule is CC12CC(c3ccccc3)C([N+](=O)[O-])[C@H](O1)c1ccccc1N2. The van der Waals surface area contributed by atoms with Crippen molar-refractivity contribution >= 4 is 5.69 Å². The van der Waals surface area contributed by atoms with E-state index in [0.717, 1.165) is 16.8 Å². The van der Waals surface area contributed by atoms with Gasteiger partial charge in [-0.1, -0.05) is 48.5 Å². The maximum atomic E-state index is 11.9. The van der Waals surface area contributed by atoms with Crippen molar-refractivity contribution in [3.05, 3.63) is 75.8 Å². The van der Waals surface area contributed by atoms with Crippen LogP contribution in [-0.2, 0) is 4.74 Å². The average Bonchev–Trinajstić information content (AvgIpc) is 2.54. The van der Waals surface area contributed by atoms with E-state index >= 15 is 0 Å². The zero-order valence-corrected chi connectivity index (χ0v) is 12.8. The molecule has 4 atom stereocenters. The predicted molar refractivity (Wildman–Crippen MR) is 86.9 cm³/mol. The highest BCUT2D eigenvalue weighted by molar-refractivity contribution is 5.56. The molecule has 118 valence electrons. The van der Waals surface area contributed by atoms with Gasteiger partial charge in [-0.05, 0) is 18.6 Å². The van der Waals surface area contributed by atoms with Crippen LogP contribution in [0.5, 0.6) is 0 Å². The third-order valence-corrected chi connectivity index (χ3v) is 4.86. The smallest absolute Gasteiger partial charge is 0.250 e. The summed E-state index contributed by atoms with van der Waals surface area (Å²) in [6.07, 6.45) is 0.0273. The van der Waals surface area contributed by atoms with Gasteiger partial charge in [0.1, 0.15) is 5.72 Å². The van der Waals surface area contributed by atoms with Gasteiger partial charge in [-0.2, -0.15) is 0 Å². The van der Waals surface area contributed by atoms with Crippen molar-refractivity contribution in [2.45, 2.75) is 37.1 Å². The first-order valence-corrected chi connectivity index (χ1v) is 7.81. The number of anilines is 1. The molecular formula is C18H18N2O3. The fourth-order valence-electron chi connectivity index (χ4n) is 3.89. The molecule has 3 unspecified atom stereocenters. The lowest BCUT2D eigenvalue weighted by Crippen LogP contribution is -2.55. The number of hydrogen-bond acceptors (Lipinski definition) is 4. The summed E-state index contributed by atoms with van der Waals surface area (Å²) in [4.78, 5) is 11.7. The highest BCUT2D eigenvalue weighted by Crippen LogP contribution is 2.51. The first-order chi connectivity index (χ1) is 11.1. The molecule has 4 rings (SSSR count). The minimum atomic E-state index is -0.784. The molecule has 2 heterocycles. The molecule has 2 aromatic carbocycles. The van der Waals surface area contributed by atoms with E-state index in [-0.39, 0.29) is 10.8 Å². The van der Waals surface area contributed by atoms with E-state index in [1.54, 1.807) is 0 Å². The van der Waals surface area contributed by atoms with Crippen LogP contribution in [0.25, 0.3) is 0 Å². The Labute approximate surface area is 134 Å². The van der Waals surface area contributed by atoms with Crippen molar-refractivity contribution in [1.29, 1.82) is 0 Å². The van der Waals surface area contributed by atoms with Crippen LogP contribution in [-0.4, -0.2) is 16.7 Å². The van der Waals surface area contributed by atoms with Crippen LogP contribution in [0, 0.1) is 10.1 Å². The summed E-state index contributed by atoms with van der Waals surface area (Å²) >= 11 is 0. The van der Waals surface area contributed by atoms with Crippen LogP contribution in [0.2, 0.25) is 0 Å². The second kappa shape index (κ2) is 5.06. The fourth-order valence-corrected chi connectivity index (χ4v) is 3.89. The first kappa shape index (κ1) is 14.2. The molecule has 0 aliphatic carbocycles. The van der Waals surface area contributed by atoms with Crippen LogP contribution in [0.4, 0.5) is 5.69 Å². The van der Waals surface area contributed by atoms with Gasteiger partial charge in [0.25, 0.3) is 0 Å². The monoisotopic (exact) mass is 310 g/mol. The Morgan fingerprint density at radius 1 is 1.17 bits per heavy atom. The Morgan fingerprint density at radius 2 is 1.87 bits per heavy atom. The summed E-state index contributed by atoms with van der Waals surface area (Å²) < 4.78 is 6.11. The van der Waals surface area contributed by atoms with Gasteiger partial charge in [-0.25, -0.2) is 0 Å². The average molecular weight is 310 g/mol. The Hall–Kier alpha value is -2.40. The van der Waals surface area contributed by atoms with Gasteiger partial charge in [-0.15, -0.1) is 0 Å². The molecule has 0 aromatic heterocycles. The largest absolute Gasteiger partial charge is 0.357 e. The summed E-state index contributed by atoms with van der Waals surface area (Å²) in [6, 6.07) is 16.7. The van der Waals surface area contributed by atoms with Crippen molar-refractivity contribution in [2.75, 3.05) is 5.32 Å². The van der Waals surface area contributed by atoms with E-state index < -0.39 is 17.9 Å². The van der Waals surface area contributed by atoms with Crippen LogP contribution in [0.15, 0.2) is 54.6 Å². The third kappa shape index (κ3) is 2.28. The summed E-state index contributed by atoms with van der Waals surface area (Å²) in [7, 11) is 0. The first-order valence-electron chi connectivity index (χ1n) is 7.81.